The lowest BCUT2D eigenvalue weighted by Gasteiger charge is -2.53. The Hall–Kier alpha value is -3.35. The van der Waals surface area contributed by atoms with Crippen LogP contribution in [-0.2, 0) is 0 Å². The molecule has 2 atom stereocenters. The molecule has 0 bridgehead atoms. The number of hydrogen-bond donors (Lipinski definition) is 0. The number of rotatable bonds is 3. The summed E-state index contributed by atoms with van der Waals surface area (Å²) in [5.74, 6) is 0.669. The first kappa shape index (κ1) is 19.6. The Bertz CT molecular complexity index is 1120. The summed E-state index contributed by atoms with van der Waals surface area (Å²) in [5.41, 5.74) is 3.54. The van der Waals surface area contributed by atoms with E-state index in [9.17, 15) is 9.18 Å². The second-order valence-electron chi connectivity index (χ2n) is 8.38. The molecule has 2 unspecified atom stereocenters. The van der Waals surface area contributed by atoms with Crippen LogP contribution in [0.2, 0.25) is 0 Å². The zero-order valence-electron chi connectivity index (χ0n) is 17.6. The second kappa shape index (κ2) is 7.72. The van der Waals surface area contributed by atoms with E-state index in [1.165, 1.54) is 12.1 Å². The van der Waals surface area contributed by atoms with Crippen LogP contribution in [0, 0.1) is 25.6 Å². The Kier molecular flexibility index (Phi) is 4.88. The number of benzene rings is 1. The van der Waals surface area contributed by atoms with Crippen molar-refractivity contribution in [1.82, 2.24) is 19.9 Å². The van der Waals surface area contributed by atoms with Gasteiger partial charge in [-0.25, -0.2) is 14.4 Å². The fraction of sp³-hybridized carbons (Fsp3) is 0.333. The third-order valence-electron chi connectivity index (χ3n) is 6.22. The number of hydrogen-bond acceptors (Lipinski definition) is 5. The van der Waals surface area contributed by atoms with E-state index in [-0.39, 0.29) is 11.9 Å². The maximum absolute atomic E-state index is 14.1. The third kappa shape index (κ3) is 3.65. The SMILES string of the molecule is Cc1cc(C)nc(N2CC3CCN(C(=O)c4cc(F)ccc4-c4ccccn4)CC32)n1. The van der Waals surface area contributed by atoms with Gasteiger partial charge in [-0.2, -0.15) is 0 Å². The quantitative estimate of drug-likeness (QED) is 0.651. The summed E-state index contributed by atoms with van der Waals surface area (Å²) in [7, 11) is 0. The van der Waals surface area contributed by atoms with Crippen molar-refractivity contribution in [2.75, 3.05) is 24.5 Å². The van der Waals surface area contributed by atoms with E-state index in [1.54, 1.807) is 12.3 Å². The lowest BCUT2D eigenvalue weighted by molar-refractivity contribution is 0.0589. The number of carbonyl (C=O) groups is 1. The van der Waals surface area contributed by atoms with Gasteiger partial charge in [-0.05, 0) is 56.7 Å². The molecule has 2 aromatic heterocycles. The predicted octanol–water partition coefficient (Wildman–Crippen LogP) is 3.65. The average molecular weight is 417 g/mol. The Morgan fingerprint density at radius 3 is 2.61 bits per heavy atom. The smallest absolute Gasteiger partial charge is 0.254 e. The van der Waals surface area contributed by atoms with Crippen molar-refractivity contribution >= 4 is 11.9 Å². The molecular weight excluding hydrogens is 393 g/mol. The van der Waals surface area contributed by atoms with E-state index < -0.39 is 5.82 Å². The maximum Gasteiger partial charge on any atom is 0.254 e. The standard InChI is InChI=1S/C24H24FN5O/c1-15-11-16(2)28-24(27-15)30-13-17-8-10-29(14-22(17)30)23(31)20-12-18(25)6-7-19(20)21-5-3-4-9-26-21/h3-7,9,11-12,17,22H,8,10,13-14H2,1-2H3. The number of likely N-dealkylation sites (tertiary alicyclic amines) is 1. The minimum absolute atomic E-state index is 0.160. The highest BCUT2D eigenvalue weighted by atomic mass is 19.1. The number of halogens is 1. The van der Waals surface area contributed by atoms with Crippen molar-refractivity contribution < 1.29 is 9.18 Å². The highest BCUT2D eigenvalue weighted by Gasteiger charge is 2.45. The Balaban J connectivity index is 1.41. The molecule has 2 saturated heterocycles. The number of aryl methyl sites for hydroxylation is 2. The number of fused-ring (bicyclic) bond motifs is 1. The van der Waals surface area contributed by atoms with Gasteiger partial charge in [-0.15, -0.1) is 0 Å². The number of aromatic nitrogens is 3. The highest BCUT2D eigenvalue weighted by Crippen LogP contribution is 2.36. The first-order valence-corrected chi connectivity index (χ1v) is 10.6. The number of carbonyl (C=O) groups excluding carboxylic acids is 1. The summed E-state index contributed by atoms with van der Waals surface area (Å²) in [4.78, 5) is 31.0. The molecule has 0 N–H and O–H groups in total. The van der Waals surface area contributed by atoms with Crippen LogP contribution >= 0.6 is 0 Å². The molecule has 2 aliphatic heterocycles. The maximum atomic E-state index is 14.1. The molecule has 0 radical (unpaired) electrons. The highest BCUT2D eigenvalue weighted by molar-refractivity contribution is 6.00. The van der Waals surface area contributed by atoms with Gasteiger partial charge in [-0.3, -0.25) is 9.78 Å². The van der Waals surface area contributed by atoms with Gasteiger partial charge < -0.3 is 9.80 Å². The molecule has 0 saturated carbocycles. The first-order valence-electron chi connectivity index (χ1n) is 10.6. The first-order chi connectivity index (χ1) is 15.0. The van der Waals surface area contributed by atoms with Crippen LogP contribution < -0.4 is 4.90 Å². The van der Waals surface area contributed by atoms with Gasteiger partial charge in [0, 0.05) is 48.7 Å². The second-order valence-corrected chi connectivity index (χ2v) is 8.38. The summed E-state index contributed by atoms with van der Waals surface area (Å²) in [6.45, 7) is 6.09. The van der Waals surface area contributed by atoms with E-state index >= 15 is 0 Å². The van der Waals surface area contributed by atoms with Gasteiger partial charge >= 0.3 is 0 Å². The van der Waals surface area contributed by atoms with Crippen LogP contribution in [0.25, 0.3) is 11.3 Å². The van der Waals surface area contributed by atoms with Crippen LogP contribution in [0.15, 0.2) is 48.7 Å². The predicted molar refractivity (Wildman–Crippen MR) is 116 cm³/mol. The topological polar surface area (TPSA) is 62.2 Å². The van der Waals surface area contributed by atoms with Crippen molar-refractivity contribution in [3.63, 3.8) is 0 Å². The third-order valence-corrected chi connectivity index (χ3v) is 6.22. The van der Waals surface area contributed by atoms with Gasteiger partial charge in [0.05, 0.1) is 17.3 Å². The summed E-state index contributed by atoms with van der Waals surface area (Å²) in [6, 6.07) is 12.0. The number of nitrogens with zero attached hydrogens (tertiary/aromatic N) is 5. The fourth-order valence-corrected chi connectivity index (χ4v) is 4.66. The molecule has 4 heterocycles. The van der Waals surface area contributed by atoms with Gasteiger partial charge in [0.25, 0.3) is 5.91 Å². The van der Waals surface area contributed by atoms with Crippen LogP contribution in [0.4, 0.5) is 10.3 Å². The molecule has 3 aromatic rings. The Morgan fingerprint density at radius 1 is 1.06 bits per heavy atom. The van der Waals surface area contributed by atoms with E-state index in [2.05, 4.69) is 19.9 Å². The van der Waals surface area contributed by atoms with Crippen molar-refractivity contribution in [3.8, 4) is 11.3 Å². The van der Waals surface area contributed by atoms with Gasteiger partial charge in [0.1, 0.15) is 5.82 Å². The zero-order valence-corrected chi connectivity index (χ0v) is 17.6. The van der Waals surface area contributed by atoms with Crippen molar-refractivity contribution in [2.45, 2.75) is 26.3 Å². The fourth-order valence-electron chi connectivity index (χ4n) is 4.66. The normalized spacial score (nSPS) is 20.2. The largest absolute Gasteiger partial charge is 0.337 e. The van der Waals surface area contributed by atoms with E-state index in [1.807, 2.05) is 43.0 Å². The van der Waals surface area contributed by atoms with E-state index in [0.29, 0.717) is 35.8 Å². The molecule has 1 aromatic carbocycles. The molecular formula is C24H24FN5O. The zero-order chi connectivity index (χ0) is 21.5. The number of amides is 1. The molecule has 6 nitrogen and oxygen atoms in total. The monoisotopic (exact) mass is 417 g/mol. The van der Waals surface area contributed by atoms with Crippen LogP contribution in [0.5, 0.6) is 0 Å². The molecule has 1 amide bonds. The summed E-state index contributed by atoms with van der Waals surface area (Å²) in [5, 5.41) is 0. The summed E-state index contributed by atoms with van der Waals surface area (Å²) in [6.07, 6.45) is 2.60. The summed E-state index contributed by atoms with van der Waals surface area (Å²) >= 11 is 0. The molecule has 2 fully saturated rings. The average Bonchev–Trinajstić information content (AvgIpc) is 2.74. The molecule has 2 aliphatic rings. The van der Waals surface area contributed by atoms with Gasteiger partial charge in [0.15, 0.2) is 0 Å². The van der Waals surface area contributed by atoms with Crippen molar-refractivity contribution in [2.24, 2.45) is 5.92 Å². The van der Waals surface area contributed by atoms with Crippen LogP contribution in [0.1, 0.15) is 28.2 Å². The van der Waals surface area contributed by atoms with E-state index in [4.69, 9.17) is 0 Å². The Morgan fingerprint density at radius 2 is 1.87 bits per heavy atom. The minimum Gasteiger partial charge on any atom is -0.337 e. The van der Waals surface area contributed by atoms with Gasteiger partial charge in [0.2, 0.25) is 5.95 Å². The summed E-state index contributed by atoms with van der Waals surface area (Å²) < 4.78 is 14.1. The lowest BCUT2D eigenvalue weighted by Crippen LogP contribution is -2.65. The number of pyridine rings is 1. The number of anilines is 1. The van der Waals surface area contributed by atoms with Crippen molar-refractivity contribution in [1.29, 1.82) is 0 Å². The van der Waals surface area contributed by atoms with Crippen LogP contribution in [-0.4, -0.2) is 51.4 Å². The molecule has 0 aliphatic carbocycles. The number of piperidine rings is 1. The van der Waals surface area contributed by atoms with E-state index in [0.717, 1.165) is 30.3 Å². The molecule has 7 heteroatoms. The Labute approximate surface area is 180 Å². The van der Waals surface area contributed by atoms with Crippen LogP contribution in [0.3, 0.4) is 0 Å². The molecule has 31 heavy (non-hydrogen) atoms. The molecule has 0 spiro atoms. The lowest BCUT2D eigenvalue weighted by atomic mass is 9.82. The molecule has 5 rings (SSSR count). The molecule has 158 valence electrons. The minimum atomic E-state index is -0.424. The van der Waals surface area contributed by atoms with Gasteiger partial charge in [-0.1, -0.05) is 6.07 Å². The van der Waals surface area contributed by atoms with Crippen molar-refractivity contribution in [3.05, 3.63) is 71.4 Å².